The maximum atomic E-state index is 11.8. The SMILES string of the molecule is Cc1ccc(NC(=O)C2CNC(=O)C2)cc1O. The monoisotopic (exact) mass is 234 g/mol. The molecule has 2 rings (SSSR count). The molecule has 1 saturated heterocycles. The second-order valence-corrected chi connectivity index (χ2v) is 4.20. The topological polar surface area (TPSA) is 78.4 Å². The largest absolute Gasteiger partial charge is 0.508 e. The van der Waals surface area contributed by atoms with E-state index in [1.54, 1.807) is 19.1 Å². The van der Waals surface area contributed by atoms with Crippen LogP contribution in [0.4, 0.5) is 5.69 Å². The summed E-state index contributed by atoms with van der Waals surface area (Å²) in [7, 11) is 0. The summed E-state index contributed by atoms with van der Waals surface area (Å²) in [4.78, 5) is 22.7. The number of carbonyl (C=O) groups is 2. The zero-order valence-electron chi connectivity index (χ0n) is 9.49. The molecule has 0 aromatic heterocycles. The zero-order valence-corrected chi connectivity index (χ0v) is 9.49. The van der Waals surface area contributed by atoms with Crippen LogP contribution in [0, 0.1) is 12.8 Å². The van der Waals surface area contributed by atoms with E-state index in [0.29, 0.717) is 12.2 Å². The molecule has 2 amide bonds. The van der Waals surface area contributed by atoms with Crippen molar-refractivity contribution < 1.29 is 14.7 Å². The predicted molar refractivity (Wildman–Crippen MR) is 62.6 cm³/mol. The van der Waals surface area contributed by atoms with Gasteiger partial charge in [-0.3, -0.25) is 9.59 Å². The summed E-state index contributed by atoms with van der Waals surface area (Å²) in [5, 5.41) is 14.8. The smallest absolute Gasteiger partial charge is 0.229 e. The van der Waals surface area contributed by atoms with E-state index in [1.165, 1.54) is 6.07 Å². The fourth-order valence-corrected chi connectivity index (χ4v) is 1.72. The van der Waals surface area contributed by atoms with Crippen LogP contribution in [0.5, 0.6) is 5.75 Å². The van der Waals surface area contributed by atoms with Crippen molar-refractivity contribution in [1.29, 1.82) is 0 Å². The molecule has 1 fully saturated rings. The van der Waals surface area contributed by atoms with E-state index in [1.807, 2.05) is 0 Å². The van der Waals surface area contributed by atoms with Crippen LogP contribution in [0.15, 0.2) is 18.2 Å². The molecule has 1 aliphatic heterocycles. The number of hydrogen-bond donors (Lipinski definition) is 3. The molecular formula is C12H14N2O3. The Morgan fingerprint density at radius 1 is 1.53 bits per heavy atom. The summed E-state index contributed by atoms with van der Waals surface area (Å²) in [6.45, 7) is 2.16. The molecule has 1 aliphatic rings. The molecule has 1 aromatic carbocycles. The first kappa shape index (κ1) is 11.4. The van der Waals surface area contributed by atoms with Crippen LogP contribution in [0.1, 0.15) is 12.0 Å². The van der Waals surface area contributed by atoms with Crippen LogP contribution in [0.2, 0.25) is 0 Å². The molecule has 17 heavy (non-hydrogen) atoms. The Bertz CT molecular complexity index is 471. The number of phenols is 1. The van der Waals surface area contributed by atoms with Crippen LogP contribution in [-0.4, -0.2) is 23.5 Å². The molecule has 0 radical (unpaired) electrons. The van der Waals surface area contributed by atoms with E-state index >= 15 is 0 Å². The summed E-state index contributed by atoms with van der Waals surface area (Å²) >= 11 is 0. The first-order valence-corrected chi connectivity index (χ1v) is 5.43. The molecule has 1 aromatic rings. The molecule has 1 unspecified atom stereocenters. The molecule has 3 N–H and O–H groups in total. The number of aryl methyl sites for hydroxylation is 1. The Morgan fingerprint density at radius 2 is 2.29 bits per heavy atom. The molecule has 90 valence electrons. The van der Waals surface area contributed by atoms with E-state index < -0.39 is 0 Å². The number of benzene rings is 1. The van der Waals surface area contributed by atoms with Gasteiger partial charge in [0.15, 0.2) is 0 Å². The molecule has 0 bridgehead atoms. The van der Waals surface area contributed by atoms with Crippen LogP contribution in [-0.2, 0) is 9.59 Å². The van der Waals surface area contributed by atoms with Crippen LogP contribution in [0.3, 0.4) is 0 Å². The van der Waals surface area contributed by atoms with Gasteiger partial charge < -0.3 is 15.7 Å². The number of aromatic hydroxyl groups is 1. The lowest BCUT2D eigenvalue weighted by Crippen LogP contribution is -2.24. The van der Waals surface area contributed by atoms with Gasteiger partial charge in [-0.1, -0.05) is 6.07 Å². The third-order valence-electron chi connectivity index (χ3n) is 2.82. The van der Waals surface area contributed by atoms with Crippen molar-refractivity contribution in [2.45, 2.75) is 13.3 Å². The highest BCUT2D eigenvalue weighted by molar-refractivity contribution is 5.97. The lowest BCUT2D eigenvalue weighted by molar-refractivity contribution is -0.123. The van der Waals surface area contributed by atoms with Gasteiger partial charge in [0.1, 0.15) is 5.75 Å². The minimum Gasteiger partial charge on any atom is -0.508 e. The van der Waals surface area contributed by atoms with Gasteiger partial charge in [0.05, 0.1) is 5.92 Å². The fourth-order valence-electron chi connectivity index (χ4n) is 1.72. The second-order valence-electron chi connectivity index (χ2n) is 4.20. The highest BCUT2D eigenvalue weighted by Crippen LogP contribution is 2.21. The molecule has 0 spiro atoms. The number of rotatable bonds is 2. The molecule has 1 heterocycles. The van der Waals surface area contributed by atoms with E-state index in [0.717, 1.165) is 5.56 Å². The number of phenolic OH excluding ortho intramolecular Hbond substituents is 1. The Labute approximate surface area is 98.8 Å². The summed E-state index contributed by atoms with van der Waals surface area (Å²) < 4.78 is 0. The summed E-state index contributed by atoms with van der Waals surface area (Å²) in [5.41, 5.74) is 1.29. The number of nitrogens with one attached hydrogen (secondary N) is 2. The highest BCUT2D eigenvalue weighted by Gasteiger charge is 2.27. The third-order valence-corrected chi connectivity index (χ3v) is 2.82. The maximum absolute atomic E-state index is 11.8. The van der Waals surface area contributed by atoms with Crippen molar-refractivity contribution in [2.24, 2.45) is 5.92 Å². The summed E-state index contributed by atoms with van der Waals surface area (Å²) in [5.74, 6) is -0.488. The lowest BCUT2D eigenvalue weighted by atomic mass is 10.1. The van der Waals surface area contributed by atoms with Crippen molar-refractivity contribution in [3.05, 3.63) is 23.8 Å². The van der Waals surface area contributed by atoms with Gasteiger partial charge in [-0.25, -0.2) is 0 Å². The van der Waals surface area contributed by atoms with Gasteiger partial charge in [0, 0.05) is 24.7 Å². The normalized spacial score (nSPS) is 18.9. The predicted octanol–water partition coefficient (Wildman–Crippen LogP) is 0.775. The van der Waals surface area contributed by atoms with E-state index in [9.17, 15) is 14.7 Å². The molecule has 5 heteroatoms. The third kappa shape index (κ3) is 2.55. The number of anilines is 1. The highest BCUT2D eigenvalue weighted by atomic mass is 16.3. The van der Waals surface area contributed by atoms with Gasteiger partial charge in [-0.15, -0.1) is 0 Å². The molecule has 0 aliphatic carbocycles. The van der Waals surface area contributed by atoms with E-state index in [4.69, 9.17) is 0 Å². The second kappa shape index (κ2) is 4.45. The van der Waals surface area contributed by atoms with E-state index in [2.05, 4.69) is 10.6 Å². The number of carbonyl (C=O) groups excluding carboxylic acids is 2. The maximum Gasteiger partial charge on any atom is 0.229 e. The number of amides is 2. The van der Waals surface area contributed by atoms with Crippen LogP contribution < -0.4 is 10.6 Å². The van der Waals surface area contributed by atoms with Gasteiger partial charge in [0.2, 0.25) is 11.8 Å². The van der Waals surface area contributed by atoms with Crippen molar-refractivity contribution in [1.82, 2.24) is 5.32 Å². The quantitative estimate of drug-likeness (QED) is 0.707. The Kier molecular flexibility index (Phi) is 2.99. The Balaban J connectivity index is 2.03. The Hall–Kier alpha value is -2.04. The zero-order chi connectivity index (χ0) is 12.4. The Morgan fingerprint density at radius 3 is 2.88 bits per heavy atom. The fraction of sp³-hybridized carbons (Fsp3) is 0.333. The van der Waals surface area contributed by atoms with Crippen molar-refractivity contribution in [2.75, 3.05) is 11.9 Å². The first-order valence-electron chi connectivity index (χ1n) is 5.43. The first-order chi connectivity index (χ1) is 8.06. The van der Waals surface area contributed by atoms with Gasteiger partial charge >= 0.3 is 0 Å². The van der Waals surface area contributed by atoms with Crippen molar-refractivity contribution in [3.63, 3.8) is 0 Å². The van der Waals surface area contributed by atoms with Gasteiger partial charge in [-0.05, 0) is 18.6 Å². The van der Waals surface area contributed by atoms with Crippen molar-refractivity contribution in [3.8, 4) is 5.75 Å². The number of hydrogen-bond acceptors (Lipinski definition) is 3. The standard InChI is InChI=1S/C12H14N2O3/c1-7-2-3-9(5-10(7)15)14-12(17)8-4-11(16)13-6-8/h2-3,5,8,15H,4,6H2,1H3,(H,13,16)(H,14,17). The molecule has 0 saturated carbocycles. The average molecular weight is 234 g/mol. The van der Waals surface area contributed by atoms with Crippen LogP contribution >= 0.6 is 0 Å². The summed E-state index contributed by atoms with van der Waals surface area (Å²) in [6, 6.07) is 4.94. The van der Waals surface area contributed by atoms with Gasteiger partial charge in [-0.2, -0.15) is 0 Å². The van der Waals surface area contributed by atoms with Crippen molar-refractivity contribution >= 4 is 17.5 Å². The molecule has 1 atom stereocenters. The molecule has 5 nitrogen and oxygen atoms in total. The lowest BCUT2D eigenvalue weighted by Gasteiger charge is -2.10. The molecular weight excluding hydrogens is 220 g/mol. The summed E-state index contributed by atoms with van der Waals surface area (Å²) in [6.07, 6.45) is 0.226. The van der Waals surface area contributed by atoms with Gasteiger partial charge in [0.25, 0.3) is 0 Å². The minimum absolute atomic E-state index is 0.100. The average Bonchev–Trinajstić information content (AvgIpc) is 2.70. The van der Waals surface area contributed by atoms with Crippen LogP contribution in [0.25, 0.3) is 0 Å². The van der Waals surface area contributed by atoms with E-state index in [-0.39, 0.29) is 29.9 Å². The minimum atomic E-state index is -0.328.